The van der Waals surface area contributed by atoms with E-state index in [1.54, 1.807) is 6.21 Å². The van der Waals surface area contributed by atoms with E-state index in [9.17, 15) is 9.59 Å². The van der Waals surface area contributed by atoms with Crippen molar-refractivity contribution >= 4 is 17.9 Å². The van der Waals surface area contributed by atoms with E-state index in [0.717, 1.165) is 11.1 Å². The van der Waals surface area contributed by atoms with Crippen LogP contribution >= 0.6 is 0 Å². The number of Topliss-reactive ketones (excluding diaryl/α,β-unsaturated/α-hetero) is 1. The second-order valence-electron chi connectivity index (χ2n) is 11.2. The average Bonchev–Trinajstić information content (AvgIpc) is 3.13. The van der Waals surface area contributed by atoms with Crippen LogP contribution in [0.15, 0.2) is 76.8 Å². The summed E-state index contributed by atoms with van der Waals surface area (Å²) in [5, 5.41) is 0. The minimum Gasteiger partial charge on any atom is -0.321 e. The lowest BCUT2D eigenvalue weighted by atomic mass is 9.63. The molecular weight excluding hydrogens is 446 g/mol. The van der Waals surface area contributed by atoms with Gasteiger partial charge in [-0.15, -0.1) is 0 Å². The summed E-state index contributed by atoms with van der Waals surface area (Å²) < 4.78 is 0. The van der Waals surface area contributed by atoms with Crippen molar-refractivity contribution in [3.8, 4) is 0 Å². The van der Waals surface area contributed by atoms with Crippen molar-refractivity contribution in [2.24, 2.45) is 45.0 Å². The van der Waals surface area contributed by atoms with Gasteiger partial charge < -0.3 is 11.5 Å². The summed E-state index contributed by atoms with van der Waals surface area (Å²) in [6.45, 7) is 10.9. The molecule has 1 fully saturated rings. The molecule has 190 valence electrons. The Labute approximate surface area is 215 Å². The number of carbonyl (C=O) groups excluding carboxylic acids is 2. The largest absolute Gasteiger partial charge is 0.321 e. The molecule has 2 bridgehead atoms. The lowest BCUT2D eigenvalue weighted by Gasteiger charge is -2.40. The zero-order chi connectivity index (χ0) is 26.3. The first kappa shape index (κ1) is 26.2. The monoisotopic (exact) mass is 485 g/mol. The summed E-state index contributed by atoms with van der Waals surface area (Å²) in [6, 6.07) is 18.2. The van der Waals surface area contributed by atoms with E-state index in [4.69, 9.17) is 11.5 Å². The molecule has 2 aliphatic rings. The quantitative estimate of drug-likeness (QED) is 0.424. The van der Waals surface area contributed by atoms with Gasteiger partial charge >= 0.3 is 0 Å². The number of carbonyl (C=O) groups is 2. The van der Waals surface area contributed by atoms with E-state index in [2.05, 4.69) is 39.6 Å². The third-order valence-corrected chi connectivity index (χ3v) is 9.62. The normalized spacial score (nSPS) is 31.1. The fraction of sp³-hybridized carbons (Fsp3) is 0.452. The molecule has 0 radical (unpaired) electrons. The third kappa shape index (κ3) is 4.18. The second kappa shape index (κ2) is 9.87. The maximum Gasteiger partial charge on any atom is 0.262 e. The Hall–Kier alpha value is -2.89. The van der Waals surface area contributed by atoms with E-state index in [1.807, 2.05) is 60.7 Å². The molecule has 5 heteroatoms. The molecule has 5 unspecified atom stereocenters. The van der Waals surface area contributed by atoms with E-state index in [-0.39, 0.29) is 40.3 Å². The number of allylic oxidation sites excluding steroid dienone is 2. The molecule has 5 nitrogen and oxygen atoms in total. The number of nitrogens with zero attached hydrogens (tertiary/aromatic N) is 1. The first-order valence-corrected chi connectivity index (χ1v) is 12.9. The van der Waals surface area contributed by atoms with Gasteiger partial charge in [0.2, 0.25) is 0 Å². The van der Waals surface area contributed by atoms with Gasteiger partial charge in [0.25, 0.3) is 5.91 Å². The molecule has 0 aliphatic heterocycles. The molecule has 4 N–H and O–H groups in total. The first-order chi connectivity index (χ1) is 17.0. The Kier molecular flexibility index (Phi) is 7.18. The number of rotatable bonds is 8. The van der Waals surface area contributed by atoms with Crippen LogP contribution in [0.25, 0.3) is 0 Å². The van der Waals surface area contributed by atoms with Crippen molar-refractivity contribution in [2.75, 3.05) is 0 Å². The SMILES string of the molecule is CC1=C(C)C2(C)C(C(=O)[C@@H](N)Cc3ccccc3)C(C=NC(=O)[C@@H](N)Cc3ccccc3)C1(C)C2C. The van der Waals surface area contributed by atoms with E-state index in [0.29, 0.717) is 12.8 Å². The molecule has 0 heterocycles. The summed E-state index contributed by atoms with van der Waals surface area (Å²) in [5.74, 6) is -0.667. The molecule has 2 aliphatic carbocycles. The Balaban J connectivity index is 1.62. The number of nitrogens with two attached hydrogens (primary N) is 2. The van der Waals surface area contributed by atoms with Crippen molar-refractivity contribution in [2.45, 2.75) is 59.5 Å². The number of amides is 1. The number of benzene rings is 2. The molecule has 1 amide bonds. The van der Waals surface area contributed by atoms with Crippen LogP contribution in [-0.2, 0) is 22.4 Å². The lowest BCUT2D eigenvalue weighted by Crippen LogP contribution is -2.47. The van der Waals surface area contributed by atoms with Crippen LogP contribution in [0, 0.1) is 28.6 Å². The predicted octanol–water partition coefficient (Wildman–Crippen LogP) is 4.54. The van der Waals surface area contributed by atoms with Gasteiger partial charge in [0.05, 0.1) is 12.1 Å². The highest BCUT2D eigenvalue weighted by Gasteiger charge is 2.69. The molecule has 1 saturated carbocycles. The molecule has 2 aromatic rings. The van der Waals surface area contributed by atoms with Crippen LogP contribution in [0.5, 0.6) is 0 Å². The topological polar surface area (TPSA) is 98.5 Å². The lowest BCUT2D eigenvalue weighted by molar-refractivity contribution is -0.128. The number of aliphatic imine (C=N–C) groups is 1. The van der Waals surface area contributed by atoms with Crippen molar-refractivity contribution in [1.29, 1.82) is 0 Å². The molecule has 0 aromatic heterocycles. The number of hydrogen-bond acceptors (Lipinski definition) is 4. The Morgan fingerprint density at radius 2 is 1.33 bits per heavy atom. The summed E-state index contributed by atoms with van der Waals surface area (Å²) in [5.41, 5.74) is 16.7. The van der Waals surface area contributed by atoms with Gasteiger partial charge in [-0.2, -0.15) is 0 Å². The minimum absolute atomic E-state index is 0.0428. The molecule has 0 saturated heterocycles. The Bertz CT molecular complexity index is 1190. The fourth-order valence-corrected chi connectivity index (χ4v) is 6.96. The Morgan fingerprint density at radius 1 is 0.861 bits per heavy atom. The summed E-state index contributed by atoms with van der Waals surface area (Å²) in [6.07, 6.45) is 2.64. The van der Waals surface area contributed by atoms with E-state index in [1.165, 1.54) is 11.1 Å². The van der Waals surface area contributed by atoms with Crippen LogP contribution in [0.2, 0.25) is 0 Å². The predicted molar refractivity (Wildman–Crippen MR) is 145 cm³/mol. The van der Waals surface area contributed by atoms with Gasteiger partial charge in [0.15, 0.2) is 5.78 Å². The smallest absolute Gasteiger partial charge is 0.262 e. The maximum atomic E-state index is 14.0. The van der Waals surface area contributed by atoms with Crippen molar-refractivity contribution < 1.29 is 9.59 Å². The van der Waals surface area contributed by atoms with E-state index >= 15 is 0 Å². The molecular formula is C31H39N3O2. The van der Waals surface area contributed by atoms with Crippen LogP contribution in [0.4, 0.5) is 0 Å². The summed E-state index contributed by atoms with van der Waals surface area (Å²) in [7, 11) is 0. The fourth-order valence-electron chi connectivity index (χ4n) is 6.96. The molecule has 4 rings (SSSR count). The molecule has 36 heavy (non-hydrogen) atoms. The number of fused-ring (bicyclic) bond motifs is 2. The van der Waals surface area contributed by atoms with Gasteiger partial charge in [0, 0.05) is 28.9 Å². The highest BCUT2D eigenvalue weighted by atomic mass is 16.1. The van der Waals surface area contributed by atoms with Crippen molar-refractivity contribution in [1.82, 2.24) is 0 Å². The zero-order valence-corrected chi connectivity index (χ0v) is 22.1. The van der Waals surface area contributed by atoms with Gasteiger partial charge in [-0.05, 0) is 43.7 Å². The second-order valence-corrected chi connectivity index (χ2v) is 11.2. The van der Waals surface area contributed by atoms with E-state index < -0.39 is 12.1 Å². The van der Waals surface area contributed by atoms with Crippen LogP contribution < -0.4 is 11.5 Å². The van der Waals surface area contributed by atoms with Gasteiger partial charge in [-0.3, -0.25) is 9.59 Å². The van der Waals surface area contributed by atoms with Gasteiger partial charge in [0.1, 0.15) is 0 Å². The molecule has 2 aromatic carbocycles. The van der Waals surface area contributed by atoms with Crippen LogP contribution in [0.3, 0.4) is 0 Å². The van der Waals surface area contributed by atoms with Crippen LogP contribution in [0.1, 0.15) is 45.7 Å². The third-order valence-electron chi connectivity index (χ3n) is 9.62. The highest BCUT2D eigenvalue weighted by Crippen LogP contribution is 2.72. The molecule has 0 spiro atoms. The highest BCUT2D eigenvalue weighted by molar-refractivity contribution is 5.95. The summed E-state index contributed by atoms with van der Waals surface area (Å²) in [4.78, 5) is 31.3. The number of ketones is 1. The maximum absolute atomic E-state index is 14.0. The standard InChI is InChI=1S/C31H39N3O2/c1-19-20(2)31(5)21(3)30(19,4)24(18-34-29(36)26(33)17-23-14-10-7-11-15-23)27(31)28(35)25(32)16-22-12-8-6-9-13-22/h6-15,18,21,24-27H,16-17,32-33H2,1-5H3/t21?,24?,25-,26-,27?,30?,31?/m0/s1. The zero-order valence-electron chi connectivity index (χ0n) is 22.1. The summed E-state index contributed by atoms with van der Waals surface area (Å²) >= 11 is 0. The van der Waals surface area contributed by atoms with Crippen molar-refractivity contribution in [3.63, 3.8) is 0 Å². The van der Waals surface area contributed by atoms with Gasteiger partial charge in [-0.25, -0.2) is 4.99 Å². The first-order valence-electron chi connectivity index (χ1n) is 12.9. The minimum atomic E-state index is -0.726. The molecule has 7 atom stereocenters. The van der Waals surface area contributed by atoms with Crippen molar-refractivity contribution in [3.05, 3.63) is 82.9 Å². The van der Waals surface area contributed by atoms with Gasteiger partial charge in [-0.1, -0.05) is 92.6 Å². The Morgan fingerprint density at radius 3 is 1.86 bits per heavy atom. The van der Waals surface area contributed by atoms with Crippen LogP contribution in [-0.4, -0.2) is 30.0 Å². The number of hydrogen-bond donors (Lipinski definition) is 2. The average molecular weight is 486 g/mol.